The van der Waals surface area contributed by atoms with Crippen LogP contribution in [-0.2, 0) is 26.0 Å². The molecule has 2 aromatic carbocycles. The molecule has 1 aliphatic heterocycles. The minimum Gasteiger partial charge on any atom is -0.497 e. The van der Waals surface area contributed by atoms with Crippen molar-refractivity contribution in [2.75, 3.05) is 25.7 Å². The predicted octanol–water partition coefficient (Wildman–Crippen LogP) is 1.88. The van der Waals surface area contributed by atoms with E-state index >= 15 is 0 Å². The first-order chi connectivity index (χ1) is 13.9. The Balaban J connectivity index is 1.80. The molecular formula is C20H22N2O6S. The molecule has 8 nitrogen and oxygen atoms in total. The summed E-state index contributed by atoms with van der Waals surface area (Å²) in [6.07, 6.45) is 0.693. The number of methoxy groups -OCH3 is 2. The van der Waals surface area contributed by atoms with E-state index in [9.17, 15) is 18.0 Å². The number of hydrogen-bond donors (Lipinski definition) is 1. The van der Waals surface area contributed by atoms with Gasteiger partial charge in [0.05, 0.1) is 19.9 Å². The highest BCUT2D eigenvalue weighted by Crippen LogP contribution is 2.31. The number of hydrogen-bond acceptors (Lipinski definition) is 6. The second kappa shape index (κ2) is 8.62. The van der Waals surface area contributed by atoms with Gasteiger partial charge in [-0.25, -0.2) is 13.1 Å². The molecule has 154 valence electrons. The summed E-state index contributed by atoms with van der Waals surface area (Å²) in [5.74, 6) is 0.116. The number of amides is 2. The maximum Gasteiger partial charge on any atom is 0.244 e. The van der Waals surface area contributed by atoms with Crippen LogP contribution in [0.5, 0.6) is 11.5 Å². The summed E-state index contributed by atoms with van der Waals surface area (Å²) in [4.78, 5) is 24.8. The SMILES string of the molecule is COc1cccc(CCNS(=O)(=O)c2cc(N3C(=O)CCC3=O)ccc2OC)c1. The van der Waals surface area contributed by atoms with Crippen LogP contribution in [0.15, 0.2) is 47.4 Å². The molecule has 0 saturated carbocycles. The van der Waals surface area contributed by atoms with E-state index in [0.717, 1.165) is 10.5 Å². The fourth-order valence-corrected chi connectivity index (χ4v) is 4.33. The molecule has 2 amide bonds. The lowest BCUT2D eigenvalue weighted by Crippen LogP contribution is -2.30. The first-order valence-corrected chi connectivity index (χ1v) is 10.5. The van der Waals surface area contributed by atoms with Gasteiger partial charge >= 0.3 is 0 Å². The van der Waals surface area contributed by atoms with E-state index in [1.165, 1.54) is 25.3 Å². The summed E-state index contributed by atoms with van der Waals surface area (Å²) in [6.45, 7) is 0.157. The van der Waals surface area contributed by atoms with Crippen LogP contribution in [0.2, 0.25) is 0 Å². The zero-order valence-electron chi connectivity index (χ0n) is 16.2. The molecule has 1 heterocycles. The molecule has 1 N–H and O–H groups in total. The first kappa shape index (κ1) is 20.8. The van der Waals surface area contributed by atoms with Crippen molar-refractivity contribution in [3.8, 4) is 11.5 Å². The lowest BCUT2D eigenvalue weighted by molar-refractivity contribution is -0.121. The Kier molecular flexibility index (Phi) is 6.19. The highest BCUT2D eigenvalue weighted by atomic mass is 32.2. The topological polar surface area (TPSA) is 102 Å². The van der Waals surface area contributed by atoms with Crippen LogP contribution in [0.25, 0.3) is 0 Å². The smallest absolute Gasteiger partial charge is 0.244 e. The van der Waals surface area contributed by atoms with Crippen LogP contribution in [-0.4, -0.2) is 41.0 Å². The normalized spacial score (nSPS) is 14.3. The molecule has 9 heteroatoms. The van der Waals surface area contributed by atoms with Gasteiger partial charge in [-0.2, -0.15) is 0 Å². The van der Waals surface area contributed by atoms with Crippen molar-refractivity contribution in [3.63, 3.8) is 0 Å². The van der Waals surface area contributed by atoms with Crippen molar-refractivity contribution in [2.24, 2.45) is 0 Å². The predicted molar refractivity (Wildman–Crippen MR) is 107 cm³/mol. The maximum atomic E-state index is 12.9. The summed E-state index contributed by atoms with van der Waals surface area (Å²) >= 11 is 0. The molecule has 0 aromatic heterocycles. The van der Waals surface area contributed by atoms with E-state index in [1.54, 1.807) is 7.11 Å². The largest absolute Gasteiger partial charge is 0.497 e. The van der Waals surface area contributed by atoms with Crippen LogP contribution < -0.4 is 19.1 Å². The van der Waals surface area contributed by atoms with E-state index < -0.39 is 10.0 Å². The Morgan fingerprint density at radius 3 is 2.38 bits per heavy atom. The van der Waals surface area contributed by atoms with Crippen LogP contribution in [0.1, 0.15) is 18.4 Å². The van der Waals surface area contributed by atoms with E-state index in [1.807, 2.05) is 24.3 Å². The van der Waals surface area contributed by atoms with Gasteiger partial charge < -0.3 is 9.47 Å². The summed E-state index contributed by atoms with van der Waals surface area (Å²) in [6, 6.07) is 11.6. The fourth-order valence-electron chi connectivity index (χ4n) is 3.11. The van der Waals surface area contributed by atoms with E-state index in [0.29, 0.717) is 12.2 Å². The summed E-state index contributed by atoms with van der Waals surface area (Å²) < 4.78 is 38.6. The highest BCUT2D eigenvalue weighted by molar-refractivity contribution is 7.89. The summed E-state index contributed by atoms with van der Waals surface area (Å²) in [7, 11) is -1.01. The van der Waals surface area contributed by atoms with Gasteiger partial charge in [0.1, 0.15) is 16.4 Å². The number of nitrogens with zero attached hydrogens (tertiary/aromatic N) is 1. The van der Waals surface area contributed by atoms with Crippen LogP contribution in [0.3, 0.4) is 0 Å². The standard InChI is InChI=1S/C20H22N2O6S/c1-27-16-5-3-4-14(12-16)10-11-21-29(25,26)18-13-15(6-7-17(18)28-2)22-19(23)8-9-20(22)24/h3-7,12-13,21H,8-11H2,1-2H3. The quantitative estimate of drug-likeness (QED) is 0.657. The maximum absolute atomic E-state index is 12.9. The lowest BCUT2D eigenvalue weighted by atomic mass is 10.1. The molecule has 2 aromatic rings. The van der Waals surface area contributed by atoms with Crippen molar-refractivity contribution in [1.82, 2.24) is 4.72 Å². The van der Waals surface area contributed by atoms with Crippen LogP contribution >= 0.6 is 0 Å². The first-order valence-electron chi connectivity index (χ1n) is 9.02. The second-order valence-corrected chi connectivity index (χ2v) is 8.19. The van der Waals surface area contributed by atoms with Gasteiger partial charge in [0.25, 0.3) is 0 Å². The zero-order valence-corrected chi connectivity index (χ0v) is 17.0. The number of anilines is 1. The van der Waals surface area contributed by atoms with Gasteiger partial charge in [0, 0.05) is 19.4 Å². The van der Waals surface area contributed by atoms with Crippen molar-refractivity contribution in [1.29, 1.82) is 0 Å². The molecule has 0 radical (unpaired) electrons. The van der Waals surface area contributed by atoms with Crippen LogP contribution in [0, 0.1) is 0 Å². The number of benzene rings is 2. The number of carbonyl (C=O) groups excluding carboxylic acids is 2. The molecule has 0 unspecified atom stereocenters. The molecule has 3 rings (SSSR count). The van der Waals surface area contributed by atoms with Gasteiger partial charge in [-0.3, -0.25) is 14.5 Å². The third kappa shape index (κ3) is 4.57. The minimum atomic E-state index is -3.93. The number of nitrogens with one attached hydrogen (secondary N) is 1. The molecular weight excluding hydrogens is 396 g/mol. The molecule has 0 spiro atoms. The van der Waals surface area contributed by atoms with Crippen molar-refractivity contribution in [3.05, 3.63) is 48.0 Å². The second-order valence-electron chi connectivity index (χ2n) is 6.46. The molecule has 1 saturated heterocycles. The third-order valence-corrected chi connectivity index (χ3v) is 6.07. The molecule has 1 aliphatic rings. The van der Waals surface area contributed by atoms with Crippen molar-refractivity contribution in [2.45, 2.75) is 24.2 Å². The molecule has 0 bridgehead atoms. The average Bonchev–Trinajstić information content (AvgIpc) is 3.05. The number of rotatable bonds is 8. The van der Waals surface area contributed by atoms with Crippen molar-refractivity contribution >= 4 is 27.5 Å². The zero-order chi connectivity index (χ0) is 21.0. The van der Waals surface area contributed by atoms with Crippen molar-refractivity contribution < 1.29 is 27.5 Å². The minimum absolute atomic E-state index is 0.117. The Labute approximate surface area is 169 Å². The van der Waals surface area contributed by atoms with E-state index in [-0.39, 0.29) is 47.5 Å². The Morgan fingerprint density at radius 1 is 1.00 bits per heavy atom. The molecule has 0 atom stereocenters. The van der Waals surface area contributed by atoms with E-state index in [2.05, 4.69) is 4.72 Å². The number of ether oxygens (including phenoxy) is 2. The Bertz CT molecular complexity index is 1020. The summed E-state index contributed by atoms with van der Waals surface area (Å²) in [5.41, 5.74) is 1.13. The molecule has 29 heavy (non-hydrogen) atoms. The average molecular weight is 418 g/mol. The lowest BCUT2D eigenvalue weighted by Gasteiger charge is -2.17. The summed E-state index contributed by atoms with van der Waals surface area (Å²) in [5, 5.41) is 0. The third-order valence-electron chi connectivity index (χ3n) is 4.59. The van der Waals surface area contributed by atoms with Gasteiger partial charge in [0.2, 0.25) is 21.8 Å². The van der Waals surface area contributed by atoms with Gasteiger partial charge in [0.15, 0.2) is 0 Å². The van der Waals surface area contributed by atoms with E-state index in [4.69, 9.17) is 9.47 Å². The number of imide groups is 1. The Hall–Kier alpha value is -2.91. The number of sulfonamides is 1. The molecule has 1 fully saturated rings. The highest BCUT2D eigenvalue weighted by Gasteiger charge is 2.32. The van der Waals surface area contributed by atoms with Gasteiger partial charge in [-0.15, -0.1) is 0 Å². The Morgan fingerprint density at radius 2 is 1.72 bits per heavy atom. The van der Waals surface area contributed by atoms with Crippen LogP contribution in [0.4, 0.5) is 5.69 Å². The fraction of sp³-hybridized carbons (Fsp3) is 0.300. The van der Waals surface area contributed by atoms with Gasteiger partial charge in [-0.05, 0) is 42.3 Å². The number of carbonyl (C=O) groups is 2. The monoisotopic (exact) mass is 418 g/mol. The molecule has 0 aliphatic carbocycles. The van der Waals surface area contributed by atoms with Gasteiger partial charge in [-0.1, -0.05) is 12.1 Å².